The van der Waals surface area contributed by atoms with Crippen molar-refractivity contribution in [3.05, 3.63) is 12.7 Å². The van der Waals surface area contributed by atoms with Crippen molar-refractivity contribution in [1.82, 2.24) is 0 Å². The molecule has 0 spiro atoms. The Morgan fingerprint density at radius 3 is 1.65 bits per heavy atom. The molecule has 1 unspecified atom stereocenters. The molecular formula is C10H22O7. The molecule has 0 fully saturated rings. The van der Waals surface area contributed by atoms with Gasteiger partial charge in [0.2, 0.25) is 0 Å². The van der Waals surface area contributed by atoms with Crippen LogP contribution in [0, 0.1) is 0 Å². The van der Waals surface area contributed by atoms with Crippen molar-refractivity contribution in [2.75, 3.05) is 21.0 Å². The van der Waals surface area contributed by atoms with Gasteiger partial charge in [-0.3, -0.25) is 0 Å². The third-order valence-electron chi connectivity index (χ3n) is 1.20. The fraction of sp³-hybridized carbons (Fsp3) is 0.700. The van der Waals surface area contributed by atoms with Crippen LogP contribution in [0.15, 0.2) is 12.7 Å². The number of aliphatic hydroxyl groups excluding tert-OH is 1. The second-order valence-corrected chi connectivity index (χ2v) is 3.01. The lowest BCUT2D eigenvalue weighted by atomic mass is 10.2. The first-order chi connectivity index (χ1) is 7.63. The maximum Gasteiger partial charge on any atom is 0.327 e. The van der Waals surface area contributed by atoms with Gasteiger partial charge in [0.15, 0.2) is 5.79 Å². The highest BCUT2D eigenvalue weighted by Crippen LogP contribution is 2.01. The van der Waals surface area contributed by atoms with Crippen molar-refractivity contribution in [3.8, 4) is 0 Å². The molecular weight excluding hydrogens is 232 g/mol. The summed E-state index contributed by atoms with van der Waals surface area (Å²) in [4.78, 5) is 9.25. The normalized spacial score (nSPS) is 11.2. The molecule has 104 valence electrons. The summed E-state index contributed by atoms with van der Waals surface area (Å²) < 4.78 is 8.94. The summed E-state index contributed by atoms with van der Waals surface area (Å²) in [6, 6.07) is 0. The minimum atomic E-state index is -1.94. The molecule has 0 aromatic carbocycles. The molecule has 0 aliphatic rings. The standard InChI is InChI=1S/C4H10O3.C3H8O2.C3H4O2/c1-3(5)4(2,6)7;1-4-3-5-2;1-2-3(4)5/h3,5-7H,1-2H3;3H2,1-2H3;2H,1H2,(H,4,5). The highest BCUT2D eigenvalue weighted by atomic mass is 16.6. The lowest BCUT2D eigenvalue weighted by Gasteiger charge is -2.17. The Morgan fingerprint density at radius 1 is 1.41 bits per heavy atom. The molecule has 0 saturated carbocycles. The molecule has 7 heteroatoms. The summed E-state index contributed by atoms with van der Waals surface area (Å²) in [7, 11) is 3.17. The van der Waals surface area contributed by atoms with E-state index >= 15 is 0 Å². The van der Waals surface area contributed by atoms with Crippen molar-refractivity contribution < 1.29 is 34.7 Å². The van der Waals surface area contributed by atoms with Gasteiger partial charge in [-0.1, -0.05) is 6.58 Å². The van der Waals surface area contributed by atoms with Crippen molar-refractivity contribution in [2.45, 2.75) is 25.7 Å². The van der Waals surface area contributed by atoms with Crippen LogP contribution >= 0.6 is 0 Å². The summed E-state index contributed by atoms with van der Waals surface area (Å²) in [6.45, 7) is 5.78. The number of carboxylic acids is 1. The molecule has 17 heavy (non-hydrogen) atoms. The van der Waals surface area contributed by atoms with Crippen LogP contribution < -0.4 is 0 Å². The number of ether oxygens (including phenoxy) is 2. The third-order valence-corrected chi connectivity index (χ3v) is 1.20. The van der Waals surface area contributed by atoms with E-state index in [0.29, 0.717) is 6.79 Å². The molecule has 0 heterocycles. The number of methoxy groups -OCH3 is 2. The van der Waals surface area contributed by atoms with E-state index in [1.807, 2.05) is 0 Å². The van der Waals surface area contributed by atoms with Gasteiger partial charge < -0.3 is 29.9 Å². The van der Waals surface area contributed by atoms with E-state index in [4.69, 9.17) is 20.4 Å². The smallest absolute Gasteiger partial charge is 0.327 e. The van der Waals surface area contributed by atoms with E-state index in [-0.39, 0.29) is 0 Å². The summed E-state index contributed by atoms with van der Waals surface area (Å²) in [6.07, 6.45) is -0.257. The highest BCUT2D eigenvalue weighted by Gasteiger charge is 2.21. The van der Waals surface area contributed by atoms with Crippen LogP contribution in [0.1, 0.15) is 13.8 Å². The van der Waals surface area contributed by atoms with E-state index in [2.05, 4.69) is 16.1 Å². The largest absolute Gasteiger partial charge is 0.478 e. The van der Waals surface area contributed by atoms with Gasteiger partial charge in [-0.25, -0.2) is 4.79 Å². The lowest BCUT2D eigenvalue weighted by molar-refractivity contribution is -0.205. The molecule has 4 N–H and O–H groups in total. The first kappa shape index (κ1) is 21.3. The maximum atomic E-state index is 9.25. The van der Waals surface area contributed by atoms with Crippen LogP contribution in [0.3, 0.4) is 0 Å². The number of hydrogen-bond acceptors (Lipinski definition) is 6. The SMILES string of the molecule is C=CC(=O)O.CC(O)C(C)(O)O.COCOC. The third kappa shape index (κ3) is 31.3. The van der Waals surface area contributed by atoms with Crippen LogP contribution in [-0.2, 0) is 14.3 Å². The average molecular weight is 254 g/mol. The first-order valence-electron chi connectivity index (χ1n) is 4.59. The van der Waals surface area contributed by atoms with Gasteiger partial charge in [-0.2, -0.15) is 0 Å². The van der Waals surface area contributed by atoms with Crippen LogP contribution in [0.4, 0.5) is 0 Å². The second-order valence-electron chi connectivity index (χ2n) is 3.01. The summed E-state index contributed by atoms with van der Waals surface area (Å²) >= 11 is 0. The second kappa shape index (κ2) is 13.1. The molecule has 0 aliphatic carbocycles. The Balaban J connectivity index is -0.000000177. The van der Waals surface area contributed by atoms with Crippen molar-refractivity contribution in [3.63, 3.8) is 0 Å². The molecule has 0 aromatic rings. The number of rotatable bonds is 4. The molecule has 0 aliphatic heterocycles. The molecule has 0 bridgehead atoms. The van der Waals surface area contributed by atoms with E-state index in [9.17, 15) is 4.79 Å². The summed E-state index contributed by atoms with van der Waals surface area (Å²) in [5.74, 6) is -2.93. The molecule has 0 amide bonds. The topological polar surface area (TPSA) is 116 Å². The Kier molecular flexibility index (Phi) is 16.4. The molecule has 0 saturated heterocycles. The van der Waals surface area contributed by atoms with Gasteiger partial charge in [0.05, 0.1) is 0 Å². The van der Waals surface area contributed by atoms with Crippen molar-refractivity contribution >= 4 is 5.97 Å². The van der Waals surface area contributed by atoms with Crippen LogP contribution in [0.25, 0.3) is 0 Å². The minimum Gasteiger partial charge on any atom is -0.478 e. The van der Waals surface area contributed by atoms with Crippen LogP contribution in [-0.4, -0.2) is 59.3 Å². The monoisotopic (exact) mass is 254 g/mol. The number of hydrogen-bond donors (Lipinski definition) is 4. The quantitative estimate of drug-likeness (QED) is 0.397. The Hall–Kier alpha value is -0.990. The van der Waals surface area contributed by atoms with Gasteiger partial charge in [0.25, 0.3) is 0 Å². The number of carboxylic acid groups (broad SMARTS) is 1. The fourth-order valence-electron chi connectivity index (χ4n) is 0.118. The van der Waals surface area contributed by atoms with Crippen LogP contribution in [0.5, 0.6) is 0 Å². The van der Waals surface area contributed by atoms with E-state index in [1.165, 1.54) is 6.92 Å². The molecule has 0 rings (SSSR count). The molecule has 1 atom stereocenters. The van der Waals surface area contributed by atoms with Gasteiger partial charge >= 0.3 is 5.97 Å². The van der Waals surface area contributed by atoms with Gasteiger partial charge in [-0.05, 0) is 13.8 Å². The minimum absolute atomic E-state index is 0.389. The van der Waals surface area contributed by atoms with Gasteiger partial charge in [0, 0.05) is 20.3 Å². The van der Waals surface area contributed by atoms with E-state index in [0.717, 1.165) is 13.0 Å². The van der Waals surface area contributed by atoms with E-state index < -0.39 is 17.9 Å². The molecule has 0 radical (unpaired) electrons. The Morgan fingerprint density at radius 2 is 1.65 bits per heavy atom. The van der Waals surface area contributed by atoms with Crippen LogP contribution in [0.2, 0.25) is 0 Å². The molecule has 7 nitrogen and oxygen atoms in total. The maximum absolute atomic E-state index is 9.25. The Bertz CT molecular complexity index is 182. The van der Waals surface area contributed by atoms with Crippen molar-refractivity contribution in [1.29, 1.82) is 0 Å². The fourth-order valence-corrected chi connectivity index (χ4v) is 0.118. The number of aliphatic carboxylic acids is 1. The predicted molar refractivity (Wildman–Crippen MR) is 61.2 cm³/mol. The summed E-state index contributed by atoms with van der Waals surface area (Å²) in [5, 5.41) is 32.8. The first-order valence-corrected chi connectivity index (χ1v) is 4.59. The zero-order valence-corrected chi connectivity index (χ0v) is 10.6. The van der Waals surface area contributed by atoms with Crippen molar-refractivity contribution in [2.24, 2.45) is 0 Å². The highest BCUT2D eigenvalue weighted by molar-refractivity contribution is 5.78. The zero-order valence-electron chi connectivity index (χ0n) is 10.6. The lowest BCUT2D eigenvalue weighted by Crippen LogP contribution is -2.36. The van der Waals surface area contributed by atoms with E-state index in [1.54, 1.807) is 14.2 Å². The zero-order chi connectivity index (χ0) is 14.5. The predicted octanol–water partition coefficient (Wildman–Crippen LogP) is -0.438. The average Bonchev–Trinajstić information content (AvgIpc) is 2.19. The summed E-state index contributed by atoms with van der Waals surface area (Å²) in [5.41, 5.74) is 0. The number of carbonyl (C=O) groups is 1. The number of aliphatic hydroxyl groups is 3. The van der Waals surface area contributed by atoms with Gasteiger partial charge in [-0.15, -0.1) is 0 Å². The Labute approximate surface area is 101 Å². The molecule has 0 aromatic heterocycles. The van der Waals surface area contributed by atoms with Gasteiger partial charge in [0.1, 0.15) is 12.9 Å².